The summed E-state index contributed by atoms with van der Waals surface area (Å²) in [5, 5.41) is 3.18. The van der Waals surface area contributed by atoms with Gasteiger partial charge in [0, 0.05) is 33.1 Å². The molecular formula is C15H17FN2OS. The van der Waals surface area contributed by atoms with Gasteiger partial charge >= 0.3 is 0 Å². The first-order chi connectivity index (χ1) is 9.38. The molecule has 2 rings (SSSR count). The average Bonchev–Trinajstić information content (AvgIpc) is 2.69. The summed E-state index contributed by atoms with van der Waals surface area (Å²) in [5.41, 5.74) is 7.64. The van der Waals surface area contributed by atoms with E-state index in [-0.39, 0.29) is 5.56 Å². The second kappa shape index (κ2) is 5.63. The van der Waals surface area contributed by atoms with Crippen molar-refractivity contribution in [3.63, 3.8) is 0 Å². The first-order valence-corrected chi connectivity index (χ1v) is 7.10. The zero-order valence-electron chi connectivity index (χ0n) is 11.7. The number of rotatable bonds is 4. The second-order valence-electron chi connectivity index (χ2n) is 4.79. The number of aryl methyl sites for hydroxylation is 2. The zero-order chi connectivity index (χ0) is 14.9. The molecule has 0 aliphatic heterocycles. The highest BCUT2D eigenvalue weighted by Gasteiger charge is 2.11. The summed E-state index contributed by atoms with van der Waals surface area (Å²) in [6.45, 7) is 6.38. The van der Waals surface area contributed by atoms with Crippen molar-refractivity contribution in [3.8, 4) is 0 Å². The van der Waals surface area contributed by atoms with Crippen LogP contribution in [0, 0.1) is 26.6 Å². The van der Waals surface area contributed by atoms with Crippen LogP contribution in [-0.4, -0.2) is 5.91 Å². The van der Waals surface area contributed by atoms with Crippen LogP contribution in [-0.2, 0) is 6.54 Å². The Kier molecular flexibility index (Phi) is 4.09. The van der Waals surface area contributed by atoms with E-state index in [1.807, 2.05) is 0 Å². The Morgan fingerprint density at radius 2 is 2.00 bits per heavy atom. The molecule has 20 heavy (non-hydrogen) atoms. The lowest BCUT2D eigenvalue weighted by Gasteiger charge is -2.11. The molecule has 3 N–H and O–H groups in total. The second-order valence-corrected chi connectivity index (χ2v) is 6.25. The number of thiophene rings is 1. The fourth-order valence-electron chi connectivity index (χ4n) is 2.05. The maximum absolute atomic E-state index is 13.8. The van der Waals surface area contributed by atoms with E-state index in [0.717, 1.165) is 0 Å². The molecule has 3 nitrogen and oxygen atoms in total. The number of primary amides is 1. The van der Waals surface area contributed by atoms with E-state index in [1.54, 1.807) is 24.3 Å². The number of halogens is 1. The number of nitrogens with one attached hydrogen (secondary N) is 1. The van der Waals surface area contributed by atoms with Gasteiger partial charge in [0.25, 0.3) is 0 Å². The Bertz CT molecular complexity index is 664. The van der Waals surface area contributed by atoms with Gasteiger partial charge in [-0.1, -0.05) is 0 Å². The zero-order valence-corrected chi connectivity index (χ0v) is 12.5. The summed E-state index contributed by atoms with van der Waals surface area (Å²) < 4.78 is 13.8. The minimum atomic E-state index is -0.630. The van der Waals surface area contributed by atoms with E-state index in [4.69, 9.17) is 5.73 Å². The average molecular weight is 292 g/mol. The van der Waals surface area contributed by atoms with Crippen LogP contribution in [0.5, 0.6) is 0 Å². The topological polar surface area (TPSA) is 55.1 Å². The van der Waals surface area contributed by atoms with Crippen LogP contribution in [0.15, 0.2) is 18.2 Å². The van der Waals surface area contributed by atoms with E-state index in [0.29, 0.717) is 17.8 Å². The number of amides is 1. The monoisotopic (exact) mass is 292 g/mol. The van der Waals surface area contributed by atoms with Gasteiger partial charge in [-0.25, -0.2) is 4.39 Å². The van der Waals surface area contributed by atoms with E-state index < -0.39 is 11.7 Å². The molecule has 0 radical (unpaired) electrons. The number of benzene rings is 1. The van der Waals surface area contributed by atoms with Gasteiger partial charge in [-0.05, 0) is 44.5 Å². The molecule has 106 valence electrons. The predicted molar refractivity (Wildman–Crippen MR) is 80.8 cm³/mol. The smallest absolute Gasteiger partial charge is 0.248 e. The van der Waals surface area contributed by atoms with Crippen molar-refractivity contribution < 1.29 is 9.18 Å². The molecule has 0 unspecified atom stereocenters. The number of nitrogens with two attached hydrogens (primary N) is 1. The molecule has 0 spiro atoms. The highest BCUT2D eigenvalue weighted by Crippen LogP contribution is 2.24. The van der Waals surface area contributed by atoms with Crippen LogP contribution < -0.4 is 11.1 Å². The van der Waals surface area contributed by atoms with Crippen LogP contribution in [0.2, 0.25) is 0 Å². The Hall–Kier alpha value is -1.88. The highest BCUT2D eigenvalue weighted by atomic mass is 32.1. The number of anilines is 1. The molecule has 0 aliphatic rings. The van der Waals surface area contributed by atoms with E-state index in [2.05, 4.69) is 25.2 Å². The predicted octanol–water partition coefficient (Wildman–Crippen LogP) is 3.52. The van der Waals surface area contributed by atoms with Gasteiger partial charge in [-0.3, -0.25) is 4.79 Å². The van der Waals surface area contributed by atoms with Crippen molar-refractivity contribution in [2.24, 2.45) is 5.73 Å². The third-order valence-corrected chi connectivity index (χ3v) is 4.25. The van der Waals surface area contributed by atoms with Crippen molar-refractivity contribution in [1.82, 2.24) is 0 Å². The van der Waals surface area contributed by atoms with Crippen LogP contribution in [0.3, 0.4) is 0 Å². The van der Waals surface area contributed by atoms with Crippen LogP contribution in [0.4, 0.5) is 10.1 Å². The molecule has 0 atom stereocenters. The van der Waals surface area contributed by atoms with E-state index >= 15 is 0 Å². The summed E-state index contributed by atoms with van der Waals surface area (Å²) in [4.78, 5) is 13.7. The lowest BCUT2D eigenvalue weighted by molar-refractivity contribution is 0.1000. The minimum absolute atomic E-state index is 0.175. The van der Waals surface area contributed by atoms with Crippen LogP contribution in [0.1, 0.15) is 31.2 Å². The third-order valence-electron chi connectivity index (χ3n) is 3.24. The number of hydrogen-bond donors (Lipinski definition) is 2. The fourth-order valence-corrected chi connectivity index (χ4v) is 3.00. The van der Waals surface area contributed by atoms with E-state index in [1.165, 1.54) is 21.4 Å². The maximum Gasteiger partial charge on any atom is 0.248 e. The summed E-state index contributed by atoms with van der Waals surface area (Å²) >= 11 is 1.73. The van der Waals surface area contributed by atoms with E-state index in [9.17, 15) is 9.18 Å². The summed E-state index contributed by atoms with van der Waals surface area (Å²) in [5.74, 6) is -1.06. The van der Waals surface area contributed by atoms with Crippen molar-refractivity contribution >= 4 is 22.9 Å². The lowest BCUT2D eigenvalue weighted by Crippen LogP contribution is -2.13. The van der Waals surface area contributed by atoms with Crippen molar-refractivity contribution in [2.75, 3.05) is 5.32 Å². The van der Waals surface area contributed by atoms with Gasteiger partial charge in [-0.2, -0.15) is 0 Å². The van der Waals surface area contributed by atoms with Crippen LogP contribution >= 0.6 is 11.3 Å². The maximum atomic E-state index is 13.8. The molecule has 1 aromatic carbocycles. The molecule has 0 fully saturated rings. The minimum Gasteiger partial charge on any atom is -0.381 e. The summed E-state index contributed by atoms with van der Waals surface area (Å²) in [6, 6.07) is 4.87. The number of carbonyl (C=O) groups is 1. The quantitative estimate of drug-likeness (QED) is 0.906. The summed E-state index contributed by atoms with van der Waals surface area (Å²) in [6.07, 6.45) is 0. The van der Waals surface area contributed by atoms with Crippen molar-refractivity contribution in [3.05, 3.63) is 50.5 Å². The van der Waals surface area contributed by atoms with Gasteiger partial charge in [0.2, 0.25) is 5.91 Å². The molecule has 0 saturated heterocycles. The number of hydrogen-bond acceptors (Lipinski definition) is 3. The Labute approximate surface area is 121 Å². The Morgan fingerprint density at radius 1 is 1.30 bits per heavy atom. The molecule has 1 amide bonds. The number of carbonyl (C=O) groups excluding carboxylic acids is 1. The first-order valence-electron chi connectivity index (χ1n) is 6.28. The normalized spacial score (nSPS) is 10.6. The molecular weight excluding hydrogens is 275 g/mol. The molecule has 1 heterocycles. The van der Waals surface area contributed by atoms with Gasteiger partial charge in [0.15, 0.2) is 0 Å². The highest BCUT2D eigenvalue weighted by molar-refractivity contribution is 7.12. The standard InChI is InChI=1S/C15H17FN2OS/c1-8-4-12(10(3)20-8)7-18-14-6-11(15(17)19)5-13(16)9(14)2/h4-6,18H,7H2,1-3H3,(H2,17,19). The van der Waals surface area contributed by atoms with Gasteiger partial charge in [-0.15, -0.1) is 11.3 Å². The molecule has 2 aromatic rings. The largest absolute Gasteiger partial charge is 0.381 e. The first kappa shape index (κ1) is 14.5. The Morgan fingerprint density at radius 3 is 2.55 bits per heavy atom. The molecule has 1 aromatic heterocycles. The molecule has 0 aliphatic carbocycles. The molecule has 0 saturated carbocycles. The van der Waals surface area contributed by atoms with Gasteiger partial charge in [0.1, 0.15) is 5.82 Å². The molecule has 5 heteroatoms. The lowest BCUT2D eigenvalue weighted by atomic mass is 10.1. The summed E-state index contributed by atoms with van der Waals surface area (Å²) in [7, 11) is 0. The van der Waals surface area contributed by atoms with Crippen molar-refractivity contribution in [2.45, 2.75) is 27.3 Å². The fraction of sp³-hybridized carbons (Fsp3) is 0.267. The van der Waals surface area contributed by atoms with Gasteiger partial charge in [0.05, 0.1) is 0 Å². The van der Waals surface area contributed by atoms with Crippen molar-refractivity contribution in [1.29, 1.82) is 0 Å². The third kappa shape index (κ3) is 2.99. The SMILES string of the molecule is Cc1cc(CNc2cc(C(N)=O)cc(F)c2C)c(C)s1. The Balaban J connectivity index is 2.25. The molecule has 0 bridgehead atoms. The van der Waals surface area contributed by atoms with Crippen LogP contribution in [0.25, 0.3) is 0 Å². The van der Waals surface area contributed by atoms with Gasteiger partial charge < -0.3 is 11.1 Å².